The number of anilines is 1. The minimum Gasteiger partial charge on any atom is -0.495 e. The Labute approximate surface area is 146 Å². The lowest BCUT2D eigenvalue weighted by Crippen LogP contribution is -2.30. The molecule has 2 aromatic rings. The van der Waals surface area contributed by atoms with Crippen molar-refractivity contribution in [3.63, 3.8) is 0 Å². The van der Waals surface area contributed by atoms with Gasteiger partial charge in [0.15, 0.2) is 0 Å². The van der Waals surface area contributed by atoms with Crippen molar-refractivity contribution >= 4 is 23.2 Å². The van der Waals surface area contributed by atoms with Crippen molar-refractivity contribution < 1.29 is 14.3 Å². The van der Waals surface area contributed by atoms with Gasteiger partial charge in [-0.1, -0.05) is 48.9 Å². The van der Waals surface area contributed by atoms with Crippen LogP contribution in [0.15, 0.2) is 42.5 Å². The van der Waals surface area contributed by atoms with Crippen LogP contribution in [-0.4, -0.2) is 20.1 Å². The zero-order valence-corrected chi connectivity index (χ0v) is 14.6. The summed E-state index contributed by atoms with van der Waals surface area (Å²) in [5.41, 5.74) is 7.58. The van der Waals surface area contributed by atoms with Gasteiger partial charge in [0.25, 0.3) is 0 Å². The van der Waals surface area contributed by atoms with E-state index in [0.29, 0.717) is 22.2 Å². The first-order valence-electron chi connectivity index (χ1n) is 7.50. The highest BCUT2D eigenvalue weighted by molar-refractivity contribution is 6.32. The number of rotatable bonds is 6. The lowest BCUT2D eigenvalue weighted by atomic mass is 9.94. The zero-order valence-electron chi connectivity index (χ0n) is 13.9. The van der Waals surface area contributed by atoms with E-state index in [9.17, 15) is 4.79 Å². The second-order valence-corrected chi connectivity index (χ2v) is 5.81. The smallest absolute Gasteiger partial charge is 0.229 e. The van der Waals surface area contributed by atoms with E-state index in [1.165, 1.54) is 14.2 Å². The molecule has 128 valence electrons. The van der Waals surface area contributed by atoms with E-state index in [1.54, 1.807) is 19.1 Å². The maximum absolute atomic E-state index is 12.5. The Balaban J connectivity index is 2.18. The van der Waals surface area contributed by atoms with Crippen LogP contribution in [0.1, 0.15) is 18.5 Å². The molecule has 24 heavy (non-hydrogen) atoms. The van der Waals surface area contributed by atoms with Crippen molar-refractivity contribution in [3.05, 3.63) is 53.1 Å². The monoisotopic (exact) mass is 348 g/mol. The maximum Gasteiger partial charge on any atom is 0.229 e. The number of amides is 1. The van der Waals surface area contributed by atoms with Crippen molar-refractivity contribution in [2.75, 3.05) is 19.5 Å². The third kappa shape index (κ3) is 3.99. The quantitative estimate of drug-likeness (QED) is 0.836. The third-order valence-corrected chi connectivity index (χ3v) is 4.16. The number of hydrogen-bond donors (Lipinski definition) is 2. The van der Waals surface area contributed by atoms with Gasteiger partial charge in [-0.2, -0.15) is 0 Å². The maximum atomic E-state index is 12.5. The van der Waals surface area contributed by atoms with E-state index < -0.39 is 12.0 Å². The molecule has 0 fully saturated rings. The van der Waals surface area contributed by atoms with E-state index >= 15 is 0 Å². The Kier molecular flexibility index (Phi) is 6.06. The number of hydrogen-bond acceptors (Lipinski definition) is 4. The van der Waals surface area contributed by atoms with Gasteiger partial charge >= 0.3 is 0 Å². The average Bonchev–Trinajstić information content (AvgIpc) is 2.61. The molecule has 5 nitrogen and oxygen atoms in total. The zero-order chi connectivity index (χ0) is 17.7. The summed E-state index contributed by atoms with van der Waals surface area (Å²) in [6, 6.07) is 12.3. The molecule has 2 aromatic carbocycles. The Morgan fingerprint density at radius 3 is 2.33 bits per heavy atom. The van der Waals surface area contributed by atoms with E-state index in [1.807, 2.05) is 30.3 Å². The fraction of sp³-hybridized carbons (Fsp3) is 0.278. The van der Waals surface area contributed by atoms with Crippen LogP contribution in [-0.2, 0) is 4.79 Å². The summed E-state index contributed by atoms with van der Waals surface area (Å²) in [5, 5.41) is 3.20. The second kappa shape index (κ2) is 8.04. The minimum absolute atomic E-state index is 0.217. The van der Waals surface area contributed by atoms with Gasteiger partial charge in [0, 0.05) is 12.1 Å². The highest BCUT2D eigenvalue weighted by Gasteiger charge is 2.23. The summed E-state index contributed by atoms with van der Waals surface area (Å²) in [7, 11) is 3.03. The molecule has 2 rings (SSSR count). The predicted molar refractivity (Wildman–Crippen MR) is 95.7 cm³/mol. The molecular weight excluding hydrogens is 328 g/mol. The van der Waals surface area contributed by atoms with E-state index in [0.717, 1.165) is 5.56 Å². The number of carbonyl (C=O) groups excluding carboxylic acids is 1. The number of ether oxygens (including phenoxy) is 2. The second-order valence-electron chi connectivity index (χ2n) is 5.40. The minimum atomic E-state index is -0.432. The molecule has 0 aliphatic rings. The summed E-state index contributed by atoms with van der Waals surface area (Å²) in [6.45, 7) is 1.78. The van der Waals surface area contributed by atoms with Gasteiger partial charge in [-0.05, 0) is 11.6 Å². The van der Waals surface area contributed by atoms with Gasteiger partial charge in [-0.15, -0.1) is 0 Å². The summed E-state index contributed by atoms with van der Waals surface area (Å²) < 4.78 is 10.4. The van der Waals surface area contributed by atoms with Gasteiger partial charge in [-0.25, -0.2) is 0 Å². The van der Waals surface area contributed by atoms with Crippen LogP contribution in [0.4, 0.5) is 5.69 Å². The molecule has 3 N–H and O–H groups in total. The number of methoxy groups -OCH3 is 2. The lowest BCUT2D eigenvalue weighted by Gasteiger charge is -2.21. The molecule has 0 spiro atoms. The van der Waals surface area contributed by atoms with E-state index in [4.69, 9.17) is 26.8 Å². The van der Waals surface area contributed by atoms with Crippen LogP contribution < -0.4 is 20.5 Å². The summed E-state index contributed by atoms with van der Waals surface area (Å²) in [4.78, 5) is 12.5. The Morgan fingerprint density at radius 1 is 1.12 bits per heavy atom. The van der Waals surface area contributed by atoms with E-state index in [2.05, 4.69) is 5.32 Å². The van der Waals surface area contributed by atoms with Gasteiger partial charge in [0.1, 0.15) is 11.5 Å². The highest BCUT2D eigenvalue weighted by atomic mass is 35.5. The van der Waals surface area contributed by atoms with Crippen molar-refractivity contribution in [1.82, 2.24) is 0 Å². The molecule has 0 aromatic heterocycles. The first-order valence-corrected chi connectivity index (χ1v) is 7.88. The summed E-state index contributed by atoms with van der Waals surface area (Å²) in [5.74, 6) is 0.287. The van der Waals surface area contributed by atoms with Crippen molar-refractivity contribution in [2.45, 2.75) is 13.0 Å². The molecule has 6 heteroatoms. The average molecular weight is 349 g/mol. The predicted octanol–water partition coefficient (Wildman–Crippen LogP) is 3.63. The molecule has 0 aliphatic heterocycles. The molecule has 0 saturated heterocycles. The largest absolute Gasteiger partial charge is 0.495 e. The molecule has 2 atom stereocenters. The van der Waals surface area contributed by atoms with Crippen LogP contribution in [0, 0.1) is 5.92 Å². The number of benzene rings is 2. The van der Waals surface area contributed by atoms with Gasteiger partial charge < -0.3 is 20.5 Å². The molecule has 0 heterocycles. The molecule has 0 saturated carbocycles. The van der Waals surface area contributed by atoms with Crippen LogP contribution >= 0.6 is 11.6 Å². The van der Waals surface area contributed by atoms with Crippen LogP contribution in [0.25, 0.3) is 0 Å². The number of halogens is 1. The van der Waals surface area contributed by atoms with Crippen LogP contribution in [0.3, 0.4) is 0 Å². The topological polar surface area (TPSA) is 73.6 Å². The van der Waals surface area contributed by atoms with Gasteiger partial charge in [0.2, 0.25) is 5.91 Å². The van der Waals surface area contributed by atoms with Gasteiger partial charge in [-0.3, -0.25) is 4.79 Å². The van der Waals surface area contributed by atoms with Crippen molar-refractivity contribution in [1.29, 1.82) is 0 Å². The molecule has 2 unspecified atom stereocenters. The third-order valence-electron chi connectivity index (χ3n) is 3.87. The van der Waals surface area contributed by atoms with Crippen LogP contribution in [0.5, 0.6) is 11.5 Å². The standard InChI is InChI=1S/C18H21ClN2O3/c1-11(17(20)12-7-5-4-6-8-12)18(22)21-14-9-13(19)15(23-2)10-16(14)24-3/h4-11,17H,20H2,1-3H3,(H,21,22). The molecule has 0 bridgehead atoms. The Bertz CT molecular complexity index is 707. The molecular formula is C18H21ClN2O3. The molecule has 1 amide bonds. The number of nitrogens with one attached hydrogen (secondary N) is 1. The fourth-order valence-corrected chi connectivity index (χ4v) is 2.57. The number of nitrogens with two attached hydrogens (primary N) is 1. The molecule has 0 radical (unpaired) electrons. The van der Waals surface area contributed by atoms with Crippen LogP contribution in [0.2, 0.25) is 5.02 Å². The summed E-state index contributed by atoms with van der Waals surface area (Å²) in [6.07, 6.45) is 0. The lowest BCUT2D eigenvalue weighted by molar-refractivity contribution is -0.120. The van der Waals surface area contributed by atoms with Gasteiger partial charge in [0.05, 0.1) is 30.8 Å². The first kappa shape index (κ1) is 18.1. The van der Waals surface area contributed by atoms with Crippen molar-refractivity contribution in [3.8, 4) is 11.5 Å². The fourth-order valence-electron chi connectivity index (χ4n) is 2.33. The Morgan fingerprint density at radius 2 is 1.75 bits per heavy atom. The van der Waals surface area contributed by atoms with Crippen molar-refractivity contribution in [2.24, 2.45) is 11.7 Å². The molecule has 0 aliphatic carbocycles. The normalized spacial score (nSPS) is 13.0. The first-order chi connectivity index (χ1) is 11.5. The number of carbonyl (C=O) groups is 1. The Hall–Kier alpha value is -2.24. The highest BCUT2D eigenvalue weighted by Crippen LogP contribution is 2.36. The summed E-state index contributed by atoms with van der Waals surface area (Å²) >= 11 is 6.12. The SMILES string of the molecule is COc1cc(OC)c(NC(=O)C(C)C(N)c2ccccc2)cc1Cl. The van der Waals surface area contributed by atoms with E-state index in [-0.39, 0.29) is 5.91 Å².